The maximum absolute atomic E-state index is 12.5. The quantitative estimate of drug-likeness (QED) is 0.882. The summed E-state index contributed by atoms with van der Waals surface area (Å²) in [7, 11) is -0.432. The molecule has 0 fully saturated rings. The van der Waals surface area contributed by atoms with E-state index in [9.17, 15) is 8.42 Å². The molecule has 0 aromatic heterocycles. The molecule has 0 amide bonds. The predicted octanol–water partition coefficient (Wildman–Crippen LogP) is 2.80. The van der Waals surface area contributed by atoms with Crippen LogP contribution >= 0.6 is 0 Å². The van der Waals surface area contributed by atoms with E-state index in [2.05, 4.69) is 4.72 Å². The lowest BCUT2D eigenvalue weighted by Gasteiger charge is -2.14. The minimum absolute atomic E-state index is 0.219. The molecule has 0 saturated heterocycles. The van der Waals surface area contributed by atoms with E-state index in [1.165, 1.54) is 0 Å². The molecule has 0 aliphatic carbocycles. The Morgan fingerprint density at radius 3 is 2.13 bits per heavy atom. The van der Waals surface area contributed by atoms with Crippen molar-refractivity contribution in [1.29, 1.82) is 0 Å². The third-order valence-corrected chi connectivity index (χ3v) is 5.37. The molecule has 0 atom stereocenters. The number of rotatable bonds is 6. The Hall–Kier alpha value is -2.05. The highest BCUT2D eigenvalue weighted by Crippen LogP contribution is 2.26. The zero-order chi connectivity index (χ0) is 17.0. The SMILES string of the molecule is COc1ccc(CNS(=O)(=O)c2ccc(OC)c(C)c2C)cc1. The number of hydrogen-bond donors (Lipinski definition) is 1. The first-order valence-electron chi connectivity index (χ1n) is 7.16. The highest BCUT2D eigenvalue weighted by atomic mass is 32.2. The van der Waals surface area contributed by atoms with Gasteiger partial charge in [0, 0.05) is 6.54 Å². The molecule has 0 spiro atoms. The van der Waals surface area contributed by atoms with Crippen LogP contribution in [0.1, 0.15) is 16.7 Å². The third-order valence-electron chi connectivity index (χ3n) is 3.82. The Morgan fingerprint density at radius 2 is 1.57 bits per heavy atom. The van der Waals surface area contributed by atoms with Gasteiger partial charge in [-0.1, -0.05) is 12.1 Å². The maximum Gasteiger partial charge on any atom is 0.241 e. The number of benzene rings is 2. The van der Waals surface area contributed by atoms with Crippen LogP contribution in [0.25, 0.3) is 0 Å². The Bertz CT molecular complexity index is 783. The zero-order valence-electron chi connectivity index (χ0n) is 13.7. The largest absolute Gasteiger partial charge is 0.497 e. The van der Waals surface area contributed by atoms with Gasteiger partial charge in [-0.05, 0) is 54.8 Å². The molecule has 2 aromatic carbocycles. The summed E-state index contributed by atoms with van der Waals surface area (Å²) in [4.78, 5) is 0.268. The van der Waals surface area contributed by atoms with Gasteiger partial charge in [0.2, 0.25) is 10.0 Å². The lowest BCUT2D eigenvalue weighted by Crippen LogP contribution is -2.24. The van der Waals surface area contributed by atoms with Gasteiger partial charge in [0.15, 0.2) is 0 Å². The van der Waals surface area contributed by atoms with Crippen LogP contribution in [-0.4, -0.2) is 22.6 Å². The van der Waals surface area contributed by atoms with Gasteiger partial charge in [0.25, 0.3) is 0 Å². The first kappa shape index (κ1) is 17.3. The second kappa shape index (κ2) is 7.02. The Morgan fingerprint density at radius 1 is 0.913 bits per heavy atom. The summed E-state index contributed by atoms with van der Waals surface area (Å²) in [5, 5.41) is 0. The zero-order valence-corrected chi connectivity index (χ0v) is 14.5. The molecule has 0 bridgehead atoms. The second-order valence-corrected chi connectivity index (χ2v) is 6.92. The van der Waals surface area contributed by atoms with Gasteiger partial charge in [0.1, 0.15) is 11.5 Å². The molecular formula is C17H21NO4S. The lowest BCUT2D eigenvalue weighted by molar-refractivity contribution is 0.410. The first-order valence-corrected chi connectivity index (χ1v) is 8.64. The van der Waals surface area contributed by atoms with Gasteiger partial charge in [-0.2, -0.15) is 0 Å². The van der Waals surface area contributed by atoms with Crippen LogP contribution in [0.2, 0.25) is 0 Å². The summed E-state index contributed by atoms with van der Waals surface area (Å²) in [5.41, 5.74) is 2.36. The van der Waals surface area contributed by atoms with Crippen LogP contribution < -0.4 is 14.2 Å². The standard InChI is InChI=1S/C17H21NO4S/c1-12-13(2)17(10-9-16(12)22-4)23(19,20)18-11-14-5-7-15(21-3)8-6-14/h5-10,18H,11H2,1-4H3. The molecule has 0 saturated carbocycles. The molecule has 0 unspecified atom stereocenters. The Balaban J connectivity index is 2.20. The van der Waals surface area contributed by atoms with Crippen LogP contribution in [0, 0.1) is 13.8 Å². The second-order valence-electron chi connectivity index (χ2n) is 5.19. The third kappa shape index (κ3) is 3.83. The van der Waals surface area contributed by atoms with Crippen molar-refractivity contribution in [2.24, 2.45) is 0 Å². The van der Waals surface area contributed by atoms with Crippen molar-refractivity contribution in [3.05, 3.63) is 53.1 Å². The highest BCUT2D eigenvalue weighted by Gasteiger charge is 2.19. The predicted molar refractivity (Wildman–Crippen MR) is 89.5 cm³/mol. The van der Waals surface area contributed by atoms with Gasteiger partial charge in [-0.25, -0.2) is 13.1 Å². The van der Waals surface area contributed by atoms with Gasteiger partial charge in [0.05, 0.1) is 19.1 Å². The van der Waals surface area contributed by atoms with Crippen LogP contribution in [0.3, 0.4) is 0 Å². The van der Waals surface area contributed by atoms with Crippen molar-refractivity contribution in [2.75, 3.05) is 14.2 Å². The van der Waals surface area contributed by atoms with Crippen molar-refractivity contribution in [3.63, 3.8) is 0 Å². The van der Waals surface area contributed by atoms with E-state index in [1.807, 2.05) is 19.1 Å². The number of hydrogen-bond acceptors (Lipinski definition) is 4. The molecule has 2 aromatic rings. The van der Waals surface area contributed by atoms with Crippen LogP contribution in [0.15, 0.2) is 41.3 Å². The molecule has 23 heavy (non-hydrogen) atoms. The molecule has 6 heteroatoms. The molecule has 1 N–H and O–H groups in total. The minimum atomic E-state index is -3.59. The van der Waals surface area contributed by atoms with Crippen LogP contribution in [0.4, 0.5) is 0 Å². The fourth-order valence-electron chi connectivity index (χ4n) is 2.28. The van der Waals surface area contributed by atoms with E-state index in [0.717, 1.165) is 16.9 Å². The van der Waals surface area contributed by atoms with Crippen molar-refractivity contribution in [2.45, 2.75) is 25.3 Å². The van der Waals surface area contributed by atoms with Gasteiger partial charge >= 0.3 is 0 Å². The molecule has 5 nitrogen and oxygen atoms in total. The topological polar surface area (TPSA) is 64.6 Å². The average Bonchev–Trinajstić information content (AvgIpc) is 2.55. The summed E-state index contributed by atoms with van der Waals surface area (Å²) in [6.45, 7) is 3.84. The average molecular weight is 335 g/mol. The fraction of sp³-hybridized carbons (Fsp3) is 0.294. The van der Waals surface area contributed by atoms with E-state index >= 15 is 0 Å². The van der Waals surface area contributed by atoms with Crippen molar-refractivity contribution in [3.8, 4) is 11.5 Å². The van der Waals surface area contributed by atoms with Crippen molar-refractivity contribution >= 4 is 10.0 Å². The number of ether oxygens (including phenoxy) is 2. The van der Waals surface area contributed by atoms with Gasteiger partial charge in [-0.3, -0.25) is 0 Å². The molecule has 0 radical (unpaired) electrons. The lowest BCUT2D eigenvalue weighted by atomic mass is 10.1. The molecule has 0 heterocycles. The van der Waals surface area contributed by atoms with Gasteiger partial charge in [-0.15, -0.1) is 0 Å². The van der Waals surface area contributed by atoms with Crippen LogP contribution in [0.5, 0.6) is 11.5 Å². The van der Waals surface area contributed by atoms with E-state index in [4.69, 9.17) is 9.47 Å². The number of nitrogens with one attached hydrogen (secondary N) is 1. The van der Waals surface area contributed by atoms with E-state index < -0.39 is 10.0 Å². The summed E-state index contributed by atoms with van der Waals surface area (Å²) in [6.07, 6.45) is 0. The fourth-order valence-corrected chi connectivity index (χ4v) is 3.60. The molecule has 0 aliphatic rings. The summed E-state index contributed by atoms with van der Waals surface area (Å²) in [6, 6.07) is 10.5. The van der Waals surface area contributed by atoms with Crippen molar-refractivity contribution < 1.29 is 17.9 Å². The summed E-state index contributed by atoms with van der Waals surface area (Å²) < 4.78 is 38.0. The van der Waals surface area contributed by atoms with E-state index in [-0.39, 0.29) is 11.4 Å². The Labute approximate surface area is 137 Å². The number of sulfonamides is 1. The highest BCUT2D eigenvalue weighted by molar-refractivity contribution is 7.89. The van der Waals surface area contributed by atoms with Crippen molar-refractivity contribution in [1.82, 2.24) is 4.72 Å². The molecular weight excluding hydrogens is 314 g/mol. The minimum Gasteiger partial charge on any atom is -0.497 e. The van der Waals surface area contributed by atoms with E-state index in [0.29, 0.717) is 11.3 Å². The van der Waals surface area contributed by atoms with Gasteiger partial charge < -0.3 is 9.47 Å². The molecule has 2 rings (SSSR count). The first-order chi connectivity index (χ1) is 10.9. The monoisotopic (exact) mass is 335 g/mol. The van der Waals surface area contributed by atoms with Crippen LogP contribution in [-0.2, 0) is 16.6 Å². The smallest absolute Gasteiger partial charge is 0.241 e. The molecule has 0 aliphatic heterocycles. The molecule has 124 valence electrons. The summed E-state index contributed by atoms with van der Waals surface area (Å²) in [5.74, 6) is 1.41. The summed E-state index contributed by atoms with van der Waals surface area (Å²) >= 11 is 0. The Kier molecular flexibility index (Phi) is 5.28. The number of methoxy groups -OCH3 is 2. The van der Waals surface area contributed by atoms with E-state index in [1.54, 1.807) is 45.4 Å². The normalized spacial score (nSPS) is 11.3. The maximum atomic E-state index is 12.5.